The predicted octanol–water partition coefficient (Wildman–Crippen LogP) is 5.49. The van der Waals surface area contributed by atoms with Crippen molar-refractivity contribution in [1.29, 1.82) is 0 Å². The molecule has 0 aromatic heterocycles. The number of unbranched alkanes of at least 4 members (excludes halogenated alkanes) is 16. The van der Waals surface area contributed by atoms with Crippen LogP contribution < -0.4 is 43.0 Å². The van der Waals surface area contributed by atoms with Crippen LogP contribution in [0.15, 0.2) is 36.5 Å². The van der Waals surface area contributed by atoms with E-state index in [-0.39, 0.29) is 113 Å². The first-order valence-electron chi connectivity index (χ1n) is 31.9. The number of carboxylic acids is 2. The van der Waals surface area contributed by atoms with Gasteiger partial charge in [-0.05, 0) is 108 Å². The zero-order valence-electron chi connectivity index (χ0n) is 51.7. The number of amides is 5. The fourth-order valence-corrected chi connectivity index (χ4v) is 10.1. The number of nitrogens with two attached hydrogens (primary N) is 1. The summed E-state index contributed by atoms with van der Waals surface area (Å²) in [5, 5.41) is 48.4. The number of carbonyl (C=O) groups is 8. The summed E-state index contributed by atoms with van der Waals surface area (Å²) < 4.78 is 21.7. The third kappa shape index (κ3) is 41.4. The molecule has 1 fully saturated rings. The van der Waals surface area contributed by atoms with Crippen LogP contribution in [0.25, 0.3) is 0 Å². The highest BCUT2D eigenvalue weighted by Crippen LogP contribution is 2.29. The molecular formula is C63H108N8O15. The second-order valence-electron chi connectivity index (χ2n) is 22.6. The maximum Gasteiger partial charge on any atom is 0.326 e. The average molecular weight is 1220 g/mol. The van der Waals surface area contributed by atoms with E-state index < -0.39 is 36.0 Å². The lowest BCUT2D eigenvalue weighted by Crippen LogP contribution is -2.48. The van der Waals surface area contributed by atoms with Gasteiger partial charge in [0.1, 0.15) is 25.0 Å². The van der Waals surface area contributed by atoms with Gasteiger partial charge in [0.2, 0.25) is 29.5 Å². The van der Waals surface area contributed by atoms with Crippen LogP contribution >= 0.6 is 0 Å². The summed E-state index contributed by atoms with van der Waals surface area (Å²) in [7, 11) is 1.69. The Hall–Kier alpha value is -5.72. The number of aromatic hydroxyl groups is 1. The number of likely N-dealkylation sites (N-methyl/N-ethyl adjacent to an activating group) is 1. The molecule has 1 unspecified atom stereocenters. The first-order chi connectivity index (χ1) is 41.6. The Bertz CT molecular complexity index is 2060. The van der Waals surface area contributed by atoms with Crippen molar-refractivity contribution < 1.29 is 72.6 Å². The second-order valence-corrected chi connectivity index (χ2v) is 22.6. The Kier molecular flexibility index (Phi) is 44.7. The lowest BCUT2D eigenvalue weighted by Gasteiger charge is -2.29. The number of rotatable bonds is 57. The number of nitrogens with one attached hydrogen (secondary N) is 7. The molecule has 490 valence electrons. The smallest absolute Gasteiger partial charge is 0.326 e. The first-order valence-corrected chi connectivity index (χ1v) is 31.9. The fraction of sp³-hybridized carbons (Fsp3) is 0.746. The Labute approximate surface area is 511 Å². The van der Waals surface area contributed by atoms with Crippen LogP contribution in [-0.4, -0.2) is 173 Å². The van der Waals surface area contributed by atoms with Crippen molar-refractivity contribution >= 4 is 47.3 Å². The maximum atomic E-state index is 13.1. The predicted molar refractivity (Wildman–Crippen MR) is 329 cm³/mol. The maximum absolute atomic E-state index is 13.1. The number of carbonyl (C=O) groups excluding carboxylic acids is 6. The quantitative estimate of drug-likeness (QED) is 0.0359. The van der Waals surface area contributed by atoms with Gasteiger partial charge < -0.3 is 71.9 Å². The van der Waals surface area contributed by atoms with E-state index in [0.29, 0.717) is 89.2 Å². The molecule has 2 rings (SSSR count). The molecule has 1 aromatic rings. The van der Waals surface area contributed by atoms with Gasteiger partial charge in [0, 0.05) is 50.6 Å². The van der Waals surface area contributed by atoms with E-state index in [4.69, 9.17) is 29.8 Å². The van der Waals surface area contributed by atoms with Gasteiger partial charge >= 0.3 is 11.9 Å². The molecule has 12 N–H and O–H groups in total. The van der Waals surface area contributed by atoms with Gasteiger partial charge in [-0.15, -0.1) is 0 Å². The van der Waals surface area contributed by atoms with Crippen molar-refractivity contribution in [2.24, 2.45) is 17.6 Å². The molecule has 86 heavy (non-hydrogen) atoms. The lowest BCUT2D eigenvalue weighted by molar-refractivity contribution is -0.143. The van der Waals surface area contributed by atoms with Crippen LogP contribution in [0.3, 0.4) is 0 Å². The highest BCUT2D eigenvalue weighted by molar-refractivity contribution is 5.87. The van der Waals surface area contributed by atoms with Crippen LogP contribution in [0.2, 0.25) is 0 Å². The molecule has 0 aliphatic heterocycles. The minimum atomic E-state index is -1.10. The fourth-order valence-electron chi connectivity index (χ4n) is 10.1. The highest BCUT2D eigenvalue weighted by atomic mass is 16.5. The monoisotopic (exact) mass is 1220 g/mol. The van der Waals surface area contributed by atoms with E-state index in [1.165, 1.54) is 76.3 Å². The van der Waals surface area contributed by atoms with Crippen molar-refractivity contribution in [3.63, 3.8) is 0 Å². The summed E-state index contributed by atoms with van der Waals surface area (Å²) in [6, 6.07) is 4.19. The Balaban J connectivity index is 1.37. The second kappa shape index (κ2) is 50.3. The van der Waals surface area contributed by atoms with Gasteiger partial charge in [0.25, 0.3) is 0 Å². The van der Waals surface area contributed by atoms with Crippen molar-refractivity contribution in [1.82, 2.24) is 37.2 Å². The number of ether oxygens (including phenoxy) is 4. The van der Waals surface area contributed by atoms with Crippen molar-refractivity contribution in [3.8, 4) is 5.75 Å². The Morgan fingerprint density at radius 2 is 1.07 bits per heavy atom. The SMILES string of the molecule is C=C(CCC(NC(=O)C1CCC(CNC(=O)CCCCCCCCCCCCCCCCCCC(=O)O)CC1)C(=O)O)NCCOCCOCC(=O)NCCOCCOCC(=O)NCCCC[C@H](NC)C(=O)CN[C@@H](Cc1ccc(O)cc1)C(N)=O. The van der Waals surface area contributed by atoms with Gasteiger partial charge in [-0.2, -0.15) is 0 Å². The first kappa shape index (κ1) is 76.4. The summed E-state index contributed by atoms with van der Waals surface area (Å²) in [5.74, 6) is -3.10. The number of hydrogen-bond acceptors (Lipinski definition) is 16. The molecule has 0 bridgehead atoms. The molecule has 23 heteroatoms. The zero-order valence-corrected chi connectivity index (χ0v) is 51.7. The third-order valence-corrected chi connectivity index (χ3v) is 15.3. The van der Waals surface area contributed by atoms with E-state index in [9.17, 15) is 48.6 Å². The van der Waals surface area contributed by atoms with Gasteiger partial charge in [-0.25, -0.2) is 4.79 Å². The van der Waals surface area contributed by atoms with Crippen molar-refractivity contribution in [2.75, 3.05) is 92.6 Å². The molecule has 1 aliphatic carbocycles. The number of primary amides is 1. The molecular weight excluding hydrogens is 1110 g/mol. The van der Waals surface area contributed by atoms with E-state index in [1.54, 1.807) is 19.2 Å². The largest absolute Gasteiger partial charge is 0.508 e. The zero-order chi connectivity index (χ0) is 62.8. The summed E-state index contributed by atoms with van der Waals surface area (Å²) in [4.78, 5) is 97.2. The minimum Gasteiger partial charge on any atom is -0.508 e. The standard InChI is InChI=1S/C63H108N8O15/c1-48(24-33-54(63(81)82)71-62(80)51-29-25-50(26-30-51)44-70-57(74)22-17-15-13-11-9-7-5-3-4-6-8-10-12-14-16-18-23-60(77)78)66-35-37-83-39-41-86-47-59(76)68-36-38-84-40-42-85-46-58(75)67-34-20-19-21-53(65-2)56(73)45-69-55(61(64)79)43-49-27-31-52(72)32-28-49/h27-28,31-32,50-51,53-55,65-66,69,72H,1,3-26,29-30,33-47H2,2H3,(H2,64,79)(H,67,75)(H,68,76)(H,70,74)(H,71,80)(H,77,78)(H,81,82)/t50?,51?,53-,54?,55-/m0/s1. The highest BCUT2D eigenvalue weighted by Gasteiger charge is 2.30. The van der Waals surface area contributed by atoms with Crippen molar-refractivity contribution in [2.45, 2.75) is 198 Å². The van der Waals surface area contributed by atoms with Gasteiger partial charge in [-0.3, -0.25) is 38.9 Å². The van der Waals surface area contributed by atoms with E-state index in [2.05, 4.69) is 43.8 Å². The van der Waals surface area contributed by atoms with Gasteiger partial charge in [-0.1, -0.05) is 109 Å². The minimum absolute atomic E-state index is 0.0456. The topological polar surface area (TPSA) is 344 Å². The summed E-state index contributed by atoms with van der Waals surface area (Å²) >= 11 is 0. The summed E-state index contributed by atoms with van der Waals surface area (Å²) in [6.07, 6.45) is 25.1. The number of ketones is 1. The number of benzene rings is 1. The number of hydrogen-bond donors (Lipinski definition) is 11. The number of carboxylic acid groups (broad SMARTS) is 2. The number of Topliss-reactive ketones (excluding diaryl/α,β-unsaturated/α-hetero) is 1. The van der Waals surface area contributed by atoms with Gasteiger partial charge in [0.05, 0.1) is 58.3 Å². The normalized spacial score (nSPS) is 15.0. The van der Waals surface area contributed by atoms with Crippen molar-refractivity contribution in [3.05, 3.63) is 42.1 Å². The molecule has 0 saturated heterocycles. The number of phenolic OH excluding ortho intramolecular Hbond substituents is 1. The molecule has 1 aromatic carbocycles. The van der Waals surface area contributed by atoms with Crippen LogP contribution in [0.4, 0.5) is 0 Å². The molecule has 3 atom stereocenters. The third-order valence-electron chi connectivity index (χ3n) is 15.3. The Morgan fingerprint density at radius 1 is 0.558 bits per heavy atom. The molecule has 5 amide bonds. The average Bonchev–Trinajstić information content (AvgIpc) is 3.68. The molecule has 1 saturated carbocycles. The Morgan fingerprint density at radius 3 is 1.59 bits per heavy atom. The number of phenols is 1. The van der Waals surface area contributed by atoms with Crippen LogP contribution in [0, 0.1) is 11.8 Å². The molecule has 0 spiro atoms. The number of aliphatic carboxylic acids is 2. The molecule has 23 nitrogen and oxygen atoms in total. The molecule has 0 radical (unpaired) electrons. The lowest BCUT2D eigenvalue weighted by atomic mass is 9.81. The van der Waals surface area contributed by atoms with Gasteiger partial charge in [0.15, 0.2) is 5.78 Å². The molecule has 0 heterocycles. The summed E-state index contributed by atoms with van der Waals surface area (Å²) in [6.45, 7) is 6.79. The van der Waals surface area contributed by atoms with E-state index in [0.717, 1.165) is 56.9 Å². The van der Waals surface area contributed by atoms with Crippen LogP contribution in [-0.2, 0) is 63.7 Å². The van der Waals surface area contributed by atoms with E-state index in [1.807, 2.05) is 0 Å². The summed E-state index contributed by atoms with van der Waals surface area (Å²) in [5.41, 5.74) is 6.95. The van der Waals surface area contributed by atoms with Crippen LogP contribution in [0.1, 0.15) is 179 Å². The van der Waals surface area contributed by atoms with E-state index >= 15 is 0 Å². The number of allylic oxidation sites excluding steroid dienone is 1. The van der Waals surface area contributed by atoms with Crippen LogP contribution in [0.5, 0.6) is 5.75 Å². The molecule has 1 aliphatic rings.